The van der Waals surface area contributed by atoms with Gasteiger partial charge in [0.2, 0.25) is 0 Å². The molecule has 4 heteroatoms. The lowest BCUT2D eigenvalue weighted by atomic mass is 10.00. The maximum Gasteiger partial charge on any atom is 0.0831 e. The van der Waals surface area contributed by atoms with Gasteiger partial charge in [0.1, 0.15) is 0 Å². The minimum absolute atomic E-state index is 0.384. The third-order valence-corrected chi connectivity index (χ3v) is 3.81. The summed E-state index contributed by atoms with van der Waals surface area (Å²) in [6, 6.07) is 13.0. The fourth-order valence-electron chi connectivity index (χ4n) is 2.10. The van der Waals surface area contributed by atoms with E-state index in [4.69, 9.17) is 27.9 Å². The van der Waals surface area contributed by atoms with Crippen LogP contribution in [-0.4, -0.2) is 12.2 Å². The molecular weight excluding hydrogens is 295 g/mol. The lowest BCUT2D eigenvalue weighted by Gasteiger charge is -2.14. The molecule has 2 nitrogen and oxygen atoms in total. The van der Waals surface area contributed by atoms with Crippen molar-refractivity contribution >= 4 is 23.2 Å². The Labute approximate surface area is 128 Å². The lowest BCUT2D eigenvalue weighted by molar-refractivity contribution is 0.175. The predicted octanol–water partition coefficient (Wildman–Crippen LogP) is 4.42. The van der Waals surface area contributed by atoms with Gasteiger partial charge in [-0.1, -0.05) is 53.5 Å². The Kier molecular flexibility index (Phi) is 5.44. The maximum atomic E-state index is 10.4. The third kappa shape index (κ3) is 3.74. The van der Waals surface area contributed by atoms with Crippen LogP contribution in [0.1, 0.15) is 22.8 Å². The zero-order valence-electron chi connectivity index (χ0n) is 11.1. The van der Waals surface area contributed by atoms with Crippen molar-refractivity contribution < 1.29 is 9.84 Å². The van der Waals surface area contributed by atoms with E-state index in [1.807, 2.05) is 24.3 Å². The molecule has 2 rings (SSSR count). The Balaban J connectivity index is 2.19. The van der Waals surface area contributed by atoms with Gasteiger partial charge in [-0.25, -0.2) is 0 Å². The maximum absolute atomic E-state index is 10.4. The van der Waals surface area contributed by atoms with Gasteiger partial charge in [0, 0.05) is 23.6 Å². The first kappa shape index (κ1) is 15.3. The second-order valence-corrected chi connectivity index (χ2v) is 5.41. The van der Waals surface area contributed by atoms with Crippen LogP contribution in [0, 0.1) is 0 Å². The molecule has 0 spiro atoms. The van der Waals surface area contributed by atoms with E-state index in [1.165, 1.54) is 0 Å². The Morgan fingerprint density at radius 3 is 2.40 bits per heavy atom. The lowest BCUT2D eigenvalue weighted by Crippen LogP contribution is -2.04. The highest BCUT2D eigenvalue weighted by Gasteiger charge is 2.14. The van der Waals surface area contributed by atoms with Crippen LogP contribution in [0.5, 0.6) is 0 Å². The van der Waals surface area contributed by atoms with E-state index in [2.05, 4.69) is 0 Å². The molecule has 0 heterocycles. The van der Waals surface area contributed by atoms with E-state index in [0.717, 1.165) is 16.7 Å². The number of ether oxygens (including phenoxy) is 1. The summed E-state index contributed by atoms with van der Waals surface area (Å²) in [6.07, 6.45) is -0.265. The summed E-state index contributed by atoms with van der Waals surface area (Å²) in [5.74, 6) is 0. The third-order valence-electron chi connectivity index (χ3n) is 3.11. The molecule has 0 aliphatic carbocycles. The second-order valence-electron chi connectivity index (χ2n) is 4.60. The number of halogens is 2. The van der Waals surface area contributed by atoms with Gasteiger partial charge < -0.3 is 9.84 Å². The molecular formula is C16H16Cl2O2. The number of aliphatic hydroxyl groups is 1. The van der Waals surface area contributed by atoms with E-state index < -0.39 is 6.10 Å². The topological polar surface area (TPSA) is 29.5 Å². The molecule has 0 aliphatic heterocycles. The van der Waals surface area contributed by atoms with Crippen molar-refractivity contribution in [2.45, 2.75) is 19.1 Å². The normalized spacial score (nSPS) is 12.4. The SMILES string of the molecule is COCc1cccc(C(O)Cc2c(Cl)cccc2Cl)c1. The number of benzene rings is 2. The summed E-state index contributed by atoms with van der Waals surface area (Å²) >= 11 is 12.3. The molecule has 1 unspecified atom stereocenters. The quantitative estimate of drug-likeness (QED) is 0.886. The van der Waals surface area contributed by atoms with Crippen LogP contribution in [0.3, 0.4) is 0 Å². The van der Waals surface area contributed by atoms with Gasteiger partial charge >= 0.3 is 0 Å². The van der Waals surface area contributed by atoms with E-state index >= 15 is 0 Å². The highest BCUT2D eigenvalue weighted by molar-refractivity contribution is 6.35. The van der Waals surface area contributed by atoms with Crippen LogP contribution >= 0.6 is 23.2 Å². The number of rotatable bonds is 5. The van der Waals surface area contributed by atoms with Gasteiger partial charge in [0.25, 0.3) is 0 Å². The highest BCUT2D eigenvalue weighted by atomic mass is 35.5. The van der Waals surface area contributed by atoms with Crippen LogP contribution in [-0.2, 0) is 17.8 Å². The van der Waals surface area contributed by atoms with Crippen molar-refractivity contribution in [2.24, 2.45) is 0 Å². The molecule has 1 N–H and O–H groups in total. The van der Waals surface area contributed by atoms with Gasteiger partial charge in [0.15, 0.2) is 0 Å². The monoisotopic (exact) mass is 310 g/mol. The minimum Gasteiger partial charge on any atom is -0.388 e. The zero-order valence-corrected chi connectivity index (χ0v) is 12.7. The van der Waals surface area contributed by atoms with Gasteiger partial charge in [-0.3, -0.25) is 0 Å². The second kappa shape index (κ2) is 7.09. The van der Waals surface area contributed by atoms with Crippen LogP contribution in [0.2, 0.25) is 10.0 Å². The van der Waals surface area contributed by atoms with Crippen LogP contribution in [0.15, 0.2) is 42.5 Å². The Bertz CT molecular complexity index is 564. The van der Waals surface area contributed by atoms with Crippen molar-refractivity contribution in [3.63, 3.8) is 0 Å². The van der Waals surface area contributed by atoms with Gasteiger partial charge in [0.05, 0.1) is 12.7 Å². The molecule has 0 radical (unpaired) electrons. The van der Waals surface area contributed by atoms with Crippen LogP contribution in [0.4, 0.5) is 0 Å². The molecule has 106 valence electrons. The average Bonchev–Trinajstić information content (AvgIpc) is 2.43. The van der Waals surface area contributed by atoms with Crippen molar-refractivity contribution in [1.29, 1.82) is 0 Å². The fourth-order valence-corrected chi connectivity index (χ4v) is 2.65. The molecule has 0 saturated carbocycles. The number of aliphatic hydroxyl groups excluding tert-OH is 1. The molecule has 20 heavy (non-hydrogen) atoms. The zero-order chi connectivity index (χ0) is 14.5. The fraction of sp³-hybridized carbons (Fsp3) is 0.250. The largest absolute Gasteiger partial charge is 0.388 e. The van der Waals surface area contributed by atoms with Crippen LogP contribution in [0.25, 0.3) is 0 Å². The number of hydrogen-bond donors (Lipinski definition) is 1. The molecule has 0 aromatic heterocycles. The van der Waals surface area contributed by atoms with Crippen molar-refractivity contribution in [1.82, 2.24) is 0 Å². The smallest absolute Gasteiger partial charge is 0.0831 e. The molecule has 1 atom stereocenters. The van der Waals surface area contributed by atoms with Crippen molar-refractivity contribution in [3.05, 3.63) is 69.2 Å². The first-order valence-electron chi connectivity index (χ1n) is 6.30. The Morgan fingerprint density at radius 2 is 1.75 bits per heavy atom. The molecule has 0 fully saturated rings. The Hall–Kier alpha value is -1.06. The summed E-state index contributed by atoms with van der Waals surface area (Å²) in [6.45, 7) is 0.521. The molecule has 0 aliphatic rings. The van der Waals surface area contributed by atoms with Crippen molar-refractivity contribution in [3.8, 4) is 0 Å². The van der Waals surface area contributed by atoms with E-state index in [1.54, 1.807) is 25.3 Å². The van der Waals surface area contributed by atoms with E-state index in [9.17, 15) is 5.11 Å². The minimum atomic E-state index is -0.649. The Morgan fingerprint density at radius 1 is 1.10 bits per heavy atom. The molecule has 2 aromatic rings. The number of methoxy groups -OCH3 is 1. The molecule has 0 saturated heterocycles. The van der Waals surface area contributed by atoms with Gasteiger partial charge in [-0.2, -0.15) is 0 Å². The molecule has 0 amide bonds. The predicted molar refractivity (Wildman–Crippen MR) is 82.3 cm³/mol. The summed E-state index contributed by atoms with van der Waals surface area (Å²) in [5, 5.41) is 11.5. The molecule has 0 bridgehead atoms. The summed E-state index contributed by atoms with van der Waals surface area (Å²) in [4.78, 5) is 0. The first-order chi connectivity index (χ1) is 9.61. The van der Waals surface area contributed by atoms with Gasteiger partial charge in [-0.05, 0) is 28.8 Å². The summed E-state index contributed by atoms with van der Waals surface area (Å²) < 4.78 is 5.10. The van der Waals surface area contributed by atoms with Crippen LogP contribution < -0.4 is 0 Å². The molecule has 2 aromatic carbocycles. The summed E-state index contributed by atoms with van der Waals surface area (Å²) in [5.41, 5.74) is 2.62. The van der Waals surface area contributed by atoms with E-state index in [0.29, 0.717) is 23.1 Å². The first-order valence-corrected chi connectivity index (χ1v) is 7.06. The van der Waals surface area contributed by atoms with Crippen molar-refractivity contribution in [2.75, 3.05) is 7.11 Å². The number of hydrogen-bond acceptors (Lipinski definition) is 2. The standard InChI is InChI=1S/C16H16Cl2O2/c1-20-10-11-4-2-5-12(8-11)16(19)9-13-14(17)6-3-7-15(13)18/h2-8,16,19H,9-10H2,1H3. The summed E-state index contributed by atoms with van der Waals surface area (Å²) in [7, 11) is 1.65. The van der Waals surface area contributed by atoms with E-state index in [-0.39, 0.29) is 0 Å². The highest BCUT2D eigenvalue weighted by Crippen LogP contribution is 2.29. The van der Waals surface area contributed by atoms with Gasteiger partial charge in [-0.15, -0.1) is 0 Å². The average molecular weight is 311 g/mol.